The van der Waals surface area contributed by atoms with E-state index in [0.717, 1.165) is 12.1 Å². The SMILES string of the molecule is O=C(O)CCC(NC(=O)c1ccc(NCc2c[nH]c3nc(/N=N\c4c(O)c(/N=N/c5nc6[nH]cc(CNc7ccc(C(=O)NC(CCC(=O)O)C(=O)O)cc7)nc-6c(=O)n5)c(O)c5c(=O)c(O)c(-c6cc(O)c(O)c(O)c6)oc45)nc(=O)c-3c2)cc1)C(=O)O. The number of fused-ring (bicyclic) bond motifs is 3. The first-order valence-electron chi connectivity index (χ1n) is 25.6. The number of benzene rings is 4. The number of aliphatic carboxylic acids is 4. The summed E-state index contributed by atoms with van der Waals surface area (Å²) in [6, 6.07) is 11.7. The summed E-state index contributed by atoms with van der Waals surface area (Å²) in [5.74, 6) is -15.7. The first-order valence-corrected chi connectivity index (χ1v) is 25.6. The Bertz CT molecular complexity index is 4490. The molecule has 0 saturated heterocycles. The second kappa shape index (κ2) is 25.5. The minimum atomic E-state index is -1.44. The largest absolute Gasteiger partial charge is 0.505 e. The standard InChI is InChI=1S/C54H43N15O20/c70-30-14-23(15-31(71)38(30)76)43-42(80)40(78)34-39(77)35(66-68-54-63-46-37(50(84)65-54)59-26(19-58-46)18-56-25-7-3-22(4-8-25)48(82)61-29(52(87)88)10-12-33(74)75)41(79)36(44(34)89-43)67-69-53-62-45-27(49(83)64-53)13-20(17-57-45)16-55-24-5-1-21(2-6-24)47(81)60-28(51(85)86)9-11-32(72)73/h1-8,13-15,17,19,28-29,55-56,70-71,76-77,79-80H,9-12,16,18H2,(H,60,81)(H,61,82)(H,72,73)(H,74,75)(H,85,86)(H,87,88)(H,57,62,64,83)(H,58,63,65,84)/b68-66+,69-67-. The zero-order valence-corrected chi connectivity index (χ0v) is 45.0. The number of aromatic hydroxyl groups is 6. The molecule has 0 bridgehead atoms. The maximum atomic E-state index is 14.0. The summed E-state index contributed by atoms with van der Waals surface area (Å²) in [6.07, 6.45) is 1.18. The third-order valence-corrected chi connectivity index (χ3v) is 12.9. The molecule has 9 rings (SSSR count). The van der Waals surface area contributed by atoms with Crippen molar-refractivity contribution < 1.29 is 84.2 Å². The third-order valence-electron chi connectivity index (χ3n) is 12.9. The molecular weight excluding hydrogens is 1180 g/mol. The summed E-state index contributed by atoms with van der Waals surface area (Å²) < 4.78 is 5.79. The zero-order valence-electron chi connectivity index (χ0n) is 45.0. The Morgan fingerprint density at radius 1 is 0.551 bits per heavy atom. The van der Waals surface area contributed by atoms with E-state index in [9.17, 15) is 84.0 Å². The van der Waals surface area contributed by atoms with Gasteiger partial charge in [0.1, 0.15) is 23.3 Å². The van der Waals surface area contributed by atoms with Crippen LogP contribution in [0.2, 0.25) is 0 Å². The Balaban J connectivity index is 0.965. The number of anilines is 2. The van der Waals surface area contributed by atoms with Crippen molar-refractivity contribution in [1.29, 1.82) is 0 Å². The highest BCUT2D eigenvalue weighted by Crippen LogP contribution is 2.52. The van der Waals surface area contributed by atoms with E-state index in [1.54, 1.807) is 0 Å². The molecule has 0 aliphatic carbocycles. The smallest absolute Gasteiger partial charge is 0.326 e. The van der Waals surface area contributed by atoms with E-state index in [1.807, 2.05) is 0 Å². The molecule has 35 nitrogen and oxygen atoms in total. The Labute approximate surface area is 492 Å². The number of pyridine rings is 1. The Kier molecular flexibility index (Phi) is 17.3. The van der Waals surface area contributed by atoms with Crippen LogP contribution in [0.4, 0.5) is 34.6 Å². The monoisotopic (exact) mass is 1220 g/mol. The minimum Gasteiger partial charge on any atom is -0.505 e. The van der Waals surface area contributed by atoms with Crippen molar-refractivity contribution in [1.82, 2.24) is 45.5 Å². The summed E-state index contributed by atoms with van der Waals surface area (Å²) in [5, 5.41) is 126. The number of amides is 2. The fraction of sp³-hybridized carbons (Fsp3) is 0.148. The number of phenols is 5. The van der Waals surface area contributed by atoms with Gasteiger partial charge in [0.15, 0.2) is 63.0 Å². The molecule has 1 aromatic heterocycles. The van der Waals surface area contributed by atoms with E-state index in [0.29, 0.717) is 16.9 Å². The molecule has 2 atom stereocenters. The normalized spacial score (nSPS) is 12.1. The number of carbonyl (C=O) groups is 6. The topological polar surface area (TPSA) is 563 Å². The van der Waals surface area contributed by atoms with Gasteiger partial charge in [-0.3, -0.25) is 33.6 Å². The summed E-state index contributed by atoms with van der Waals surface area (Å²) in [4.78, 5) is 137. The van der Waals surface area contributed by atoms with Crippen molar-refractivity contribution in [3.05, 3.63) is 132 Å². The van der Waals surface area contributed by atoms with Crippen molar-refractivity contribution in [2.75, 3.05) is 10.6 Å². The maximum Gasteiger partial charge on any atom is 0.326 e. The molecule has 5 heterocycles. The molecule has 4 aliphatic rings. The van der Waals surface area contributed by atoms with Gasteiger partial charge in [-0.2, -0.15) is 19.9 Å². The lowest BCUT2D eigenvalue weighted by Gasteiger charge is -2.14. The van der Waals surface area contributed by atoms with Crippen molar-refractivity contribution >= 4 is 81.3 Å². The summed E-state index contributed by atoms with van der Waals surface area (Å²) >= 11 is 0. The predicted octanol–water partition coefficient (Wildman–Crippen LogP) is 4.41. The van der Waals surface area contributed by atoms with E-state index in [1.165, 1.54) is 67.0 Å². The molecule has 4 aromatic carbocycles. The fourth-order valence-electron chi connectivity index (χ4n) is 8.38. The second-order valence-corrected chi connectivity index (χ2v) is 18.9. The third kappa shape index (κ3) is 13.7. The number of aromatic amines is 2. The van der Waals surface area contributed by atoms with Crippen LogP contribution < -0.4 is 37.8 Å². The molecule has 2 unspecified atom stereocenters. The number of phenolic OH excluding ortho intramolecular Hbond substituents is 5. The van der Waals surface area contributed by atoms with E-state index >= 15 is 0 Å². The molecule has 0 spiro atoms. The van der Waals surface area contributed by atoms with Crippen molar-refractivity contribution in [3.63, 3.8) is 0 Å². The molecule has 0 fully saturated rings. The summed E-state index contributed by atoms with van der Waals surface area (Å²) in [6.45, 7) is 0.0707. The minimum absolute atomic E-state index is 0.0158. The summed E-state index contributed by atoms with van der Waals surface area (Å²) in [7, 11) is 0. The number of nitrogens with one attached hydrogen (secondary N) is 6. The number of carboxylic acids is 4. The molecule has 89 heavy (non-hydrogen) atoms. The zero-order chi connectivity index (χ0) is 64.0. The Morgan fingerprint density at radius 2 is 1.07 bits per heavy atom. The highest BCUT2D eigenvalue weighted by molar-refractivity contribution is 6.02. The quantitative estimate of drug-likeness (QED) is 0.0311. The Morgan fingerprint density at radius 3 is 1.62 bits per heavy atom. The number of H-pyrrole nitrogens is 2. The highest BCUT2D eigenvalue weighted by atomic mass is 16.4. The van der Waals surface area contributed by atoms with Crippen LogP contribution in [0, 0.1) is 0 Å². The lowest BCUT2D eigenvalue weighted by molar-refractivity contribution is -0.142. The van der Waals surface area contributed by atoms with Gasteiger partial charge in [-0.25, -0.2) is 14.6 Å². The molecule has 0 saturated carbocycles. The van der Waals surface area contributed by atoms with E-state index < -0.39 is 157 Å². The van der Waals surface area contributed by atoms with Gasteiger partial charge in [0, 0.05) is 59.8 Å². The van der Waals surface area contributed by atoms with Crippen LogP contribution in [0.5, 0.6) is 34.5 Å². The molecule has 4 aliphatic heterocycles. The van der Waals surface area contributed by atoms with Gasteiger partial charge in [-0.05, 0) is 85.1 Å². The number of nitrogens with zero attached hydrogens (tertiary/aromatic N) is 9. The molecular formula is C54H43N15O20. The number of rotatable bonds is 23. The van der Waals surface area contributed by atoms with Gasteiger partial charge in [0.05, 0.1) is 17.8 Å². The number of hydrogen-bond acceptors (Lipinski definition) is 27. The van der Waals surface area contributed by atoms with Gasteiger partial charge in [-0.15, -0.1) is 20.5 Å². The van der Waals surface area contributed by atoms with Gasteiger partial charge in [0.2, 0.25) is 11.2 Å². The van der Waals surface area contributed by atoms with Crippen LogP contribution in [-0.2, 0) is 32.3 Å². The van der Waals surface area contributed by atoms with E-state index in [4.69, 9.17) is 14.6 Å². The fourth-order valence-corrected chi connectivity index (χ4v) is 8.38. The van der Waals surface area contributed by atoms with Gasteiger partial charge < -0.3 is 86.7 Å². The average Bonchev–Trinajstić information content (AvgIpc) is 0.870. The molecule has 16 N–H and O–H groups in total. The maximum absolute atomic E-state index is 14.0. The van der Waals surface area contributed by atoms with Crippen LogP contribution in [0.15, 0.2) is 118 Å². The molecule has 0 radical (unpaired) electrons. The van der Waals surface area contributed by atoms with Crippen LogP contribution in [0.25, 0.3) is 45.2 Å². The lowest BCUT2D eigenvalue weighted by atomic mass is 10.1. The number of hydrogen-bond donors (Lipinski definition) is 16. The van der Waals surface area contributed by atoms with E-state index in [2.05, 4.69) is 76.6 Å². The highest BCUT2D eigenvalue weighted by Gasteiger charge is 2.30. The average molecular weight is 1220 g/mol. The Hall–Kier alpha value is -13.0. The first kappa shape index (κ1) is 60.6. The molecule has 2 amide bonds. The number of aromatic nitrogens is 7. The van der Waals surface area contributed by atoms with Gasteiger partial charge >= 0.3 is 29.4 Å². The van der Waals surface area contributed by atoms with Crippen molar-refractivity contribution in [2.45, 2.75) is 50.9 Å². The van der Waals surface area contributed by atoms with Crippen LogP contribution in [-0.4, -0.2) is 134 Å². The van der Waals surface area contributed by atoms with Crippen molar-refractivity contribution in [2.24, 2.45) is 20.5 Å². The van der Waals surface area contributed by atoms with Gasteiger partial charge in [-0.1, -0.05) is 0 Å². The van der Waals surface area contributed by atoms with Gasteiger partial charge in [0.25, 0.3) is 29.3 Å². The van der Waals surface area contributed by atoms with Crippen molar-refractivity contribution in [3.8, 4) is 68.7 Å². The van der Waals surface area contributed by atoms with Crippen LogP contribution >= 0.6 is 0 Å². The molecule has 454 valence electrons. The van der Waals surface area contributed by atoms with Crippen LogP contribution in [0.1, 0.15) is 57.7 Å². The first-order chi connectivity index (χ1) is 42.4. The molecule has 5 aromatic rings. The lowest BCUT2D eigenvalue weighted by Crippen LogP contribution is -2.41. The number of carboxylic acid groups (broad SMARTS) is 4. The van der Waals surface area contributed by atoms with E-state index in [-0.39, 0.29) is 65.7 Å². The predicted molar refractivity (Wildman–Crippen MR) is 302 cm³/mol. The van der Waals surface area contributed by atoms with Crippen LogP contribution in [0.3, 0.4) is 0 Å². The number of azo groups is 2. The molecule has 35 heteroatoms. The number of carbonyl (C=O) groups excluding carboxylic acids is 2. The second-order valence-electron chi connectivity index (χ2n) is 18.9. The summed E-state index contributed by atoms with van der Waals surface area (Å²) in [5.41, 5.74) is -5.02.